The van der Waals surface area contributed by atoms with E-state index in [1.54, 1.807) is 0 Å². The first-order valence-electron chi connectivity index (χ1n) is 5.43. The smallest absolute Gasteiger partial charge is 0.137 e. The normalized spacial score (nSPS) is 15.5. The van der Waals surface area contributed by atoms with Crippen LogP contribution in [0.1, 0.15) is 30.4 Å². The molecule has 0 radical (unpaired) electrons. The van der Waals surface area contributed by atoms with Gasteiger partial charge in [0, 0.05) is 0 Å². The molecule has 0 aliphatic heterocycles. The number of aryl methyl sites for hydroxylation is 1. The lowest BCUT2D eigenvalue weighted by Gasteiger charge is -2.25. The standard InChI is InChI=1S/C13H15NO/c1-10-5-6-13(12(7-10)8-14)15-9-11-3-2-4-11/h5-7,11H,2-4,9H2,1H3. The van der Waals surface area contributed by atoms with Crippen LogP contribution in [0.15, 0.2) is 18.2 Å². The molecule has 1 fully saturated rings. The van der Waals surface area contributed by atoms with E-state index < -0.39 is 0 Å². The zero-order valence-corrected chi connectivity index (χ0v) is 8.99. The van der Waals surface area contributed by atoms with Crippen molar-refractivity contribution in [2.24, 2.45) is 5.92 Å². The number of hydrogen-bond donors (Lipinski definition) is 0. The molecule has 0 saturated heterocycles. The summed E-state index contributed by atoms with van der Waals surface area (Å²) in [6, 6.07) is 7.92. The highest BCUT2D eigenvalue weighted by Gasteiger charge is 2.18. The molecule has 0 atom stereocenters. The van der Waals surface area contributed by atoms with E-state index in [-0.39, 0.29) is 0 Å². The van der Waals surface area contributed by atoms with Crippen LogP contribution in [0.3, 0.4) is 0 Å². The zero-order valence-electron chi connectivity index (χ0n) is 8.99. The number of ether oxygens (including phenoxy) is 1. The minimum absolute atomic E-state index is 0.648. The van der Waals surface area contributed by atoms with Crippen molar-refractivity contribution in [1.29, 1.82) is 5.26 Å². The summed E-state index contributed by atoms with van der Waals surface area (Å²) in [5, 5.41) is 8.95. The number of rotatable bonds is 3. The van der Waals surface area contributed by atoms with Crippen molar-refractivity contribution in [2.75, 3.05) is 6.61 Å². The molecule has 0 spiro atoms. The monoisotopic (exact) mass is 201 g/mol. The molecule has 0 heterocycles. The predicted molar refractivity (Wildman–Crippen MR) is 58.7 cm³/mol. The maximum absolute atomic E-state index is 8.95. The third kappa shape index (κ3) is 2.30. The van der Waals surface area contributed by atoms with Crippen molar-refractivity contribution in [1.82, 2.24) is 0 Å². The van der Waals surface area contributed by atoms with Crippen LogP contribution in [0.2, 0.25) is 0 Å². The van der Waals surface area contributed by atoms with Crippen LogP contribution in [0.4, 0.5) is 0 Å². The van der Waals surface area contributed by atoms with E-state index in [1.165, 1.54) is 19.3 Å². The molecular formula is C13H15NO. The first-order valence-corrected chi connectivity index (χ1v) is 5.43. The van der Waals surface area contributed by atoms with E-state index in [9.17, 15) is 0 Å². The summed E-state index contributed by atoms with van der Waals surface area (Å²) in [6.07, 6.45) is 3.87. The fraction of sp³-hybridized carbons (Fsp3) is 0.462. The Hall–Kier alpha value is -1.49. The lowest BCUT2D eigenvalue weighted by atomic mass is 9.86. The molecule has 0 N–H and O–H groups in total. The molecular weight excluding hydrogens is 186 g/mol. The summed E-state index contributed by atoms with van der Waals surface area (Å²) in [5.41, 5.74) is 1.75. The second kappa shape index (κ2) is 4.35. The third-order valence-corrected chi connectivity index (χ3v) is 2.95. The van der Waals surface area contributed by atoms with Gasteiger partial charge < -0.3 is 4.74 Å². The van der Waals surface area contributed by atoms with E-state index in [0.29, 0.717) is 11.5 Å². The summed E-state index contributed by atoms with van der Waals surface area (Å²) < 4.78 is 5.66. The van der Waals surface area contributed by atoms with Crippen molar-refractivity contribution >= 4 is 0 Å². The molecule has 1 aliphatic rings. The predicted octanol–water partition coefficient (Wildman–Crippen LogP) is 3.05. The summed E-state index contributed by atoms with van der Waals surface area (Å²) in [7, 11) is 0. The molecule has 1 aromatic rings. The first kappa shape index (κ1) is 10.0. The van der Waals surface area contributed by atoms with Crippen molar-refractivity contribution in [3.8, 4) is 11.8 Å². The van der Waals surface area contributed by atoms with Gasteiger partial charge in [-0.25, -0.2) is 0 Å². The van der Waals surface area contributed by atoms with Crippen LogP contribution in [0.25, 0.3) is 0 Å². The van der Waals surface area contributed by atoms with Gasteiger partial charge in [-0.15, -0.1) is 0 Å². The molecule has 15 heavy (non-hydrogen) atoms. The highest BCUT2D eigenvalue weighted by Crippen LogP contribution is 2.28. The number of hydrogen-bond acceptors (Lipinski definition) is 2. The molecule has 0 amide bonds. The fourth-order valence-corrected chi connectivity index (χ4v) is 1.72. The SMILES string of the molecule is Cc1ccc(OCC2CCC2)c(C#N)c1. The molecule has 0 bridgehead atoms. The van der Waals surface area contributed by atoms with Gasteiger partial charge in [0.1, 0.15) is 11.8 Å². The molecule has 0 unspecified atom stereocenters. The maximum atomic E-state index is 8.95. The van der Waals surface area contributed by atoms with Crippen LogP contribution in [-0.2, 0) is 0 Å². The largest absolute Gasteiger partial charge is 0.492 e. The Kier molecular flexibility index (Phi) is 2.91. The molecule has 1 saturated carbocycles. The highest BCUT2D eigenvalue weighted by molar-refractivity contribution is 5.45. The Bertz CT molecular complexity index is 388. The molecule has 2 nitrogen and oxygen atoms in total. The van der Waals surface area contributed by atoms with Gasteiger partial charge in [0.15, 0.2) is 0 Å². The van der Waals surface area contributed by atoms with Gasteiger partial charge in [0.05, 0.1) is 12.2 Å². The quantitative estimate of drug-likeness (QED) is 0.753. The van der Waals surface area contributed by atoms with Gasteiger partial charge in [-0.05, 0) is 43.4 Å². The lowest BCUT2D eigenvalue weighted by molar-refractivity contribution is 0.180. The summed E-state index contributed by atoms with van der Waals surface area (Å²) in [6.45, 7) is 2.74. The van der Waals surface area contributed by atoms with Gasteiger partial charge in [-0.3, -0.25) is 0 Å². The minimum Gasteiger partial charge on any atom is -0.492 e. The number of nitrogens with zero attached hydrogens (tertiary/aromatic N) is 1. The second-order valence-corrected chi connectivity index (χ2v) is 4.22. The molecule has 1 aliphatic carbocycles. The number of benzene rings is 1. The average molecular weight is 201 g/mol. The van der Waals surface area contributed by atoms with E-state index in [0.717, 1.165) is 17.9 Å². The van der Waals surface area contributed by atoms with E-state index in [2.05, 4.69) is 6.07 Å². The van der Waals surface area contributed by atoms with Crippen LogP contribution in [-0.4, -0.2) is 6.61 Å². The third-order valence-electron chi connectivity index (χ3n) is 2.95. The second-order valence-electron chi connectivity index (χ2n) is 4.22. The van der Waals surface area contributed by atoms with Crippen molar-refractivity contribution < 1.29 is 4.74 Å². The Balaban J connectivity index is 2.03. The van der Waals surface area contributed by atoms with Gasteiger partial charge in [0.25, 0.3) is 0 Å². The van der Waals surface area contributed by atoms with Gasteiger partial charge in [-0.2, -0.15) is 5.26 Å². The van der Waals surface area contributed by atoms with E-state index in [4.69, 9.17) is 10.00 Å². The van der Waals surface area contributed by atoms with Gasteiger partial charge in [-0.1, -0.05) is 12.5 Å². The van der Waals surface area contributed by atoms with Crippen molar-refractivity contribution in [3.05, 3.63) is 29.3 Å². The van der Waals surface area contributed by atoms with Gasteiger partial charge >= 0.3 is 0 Å². The van der Waals surface area contributed by atoms with Crippen molar-refractivity contribution in [2.45, 2.75) is 26.2 Å². The van der Waals surface area contributed by atoms with E-state index >= 15 is 0 Å². The molecule has 1 aromatic carbocycles. The Morgan fingerprint density at radius 2 is 2.27 bits per heavy atom. The topological polar surface area (TPSA) is 33.0 Å². The van der Waals surface area contributed by atoms with Crippen LogP contribution < -0.4 is 4.74 Å². The fourth-order valence-electron chi connectivity index (χ4n) is 1.72. The highest BCUT2D eigenvalue weighted by atomic mass is 16.5. The molecule has 2 rings (SSSR count). The van der Waals surface area contributed by atoms with Crippen molar-refractivity contribution in [3.63, 3.8) is 0 Å². The summed E-state index contributed by atoms with van der Waals surface area (Å²) in [4.78, 5) is 0. The number of nitriles is 1. The zero-order chi connectivity index (χ0) is 10.7. The Morgan fingerprint density at radius 3 is 2.87 bits per heavy atom. The Labute approximate surface area is 90.5 Å². The van der Waals surface area contributed by atoms with Crippen LogP contribution in [0.5, 0.6) is 5.75 Å². The first-order chi connectivity index (χ1) is 7.29. The molecule has 78 valence electrons. The molecule has 2 heteroatoms. The van der Waals surface area contributed by atoms with Gasteiger partial charge in [0.2, 0.25) is 0 Å². The lowest BCUT2D eigenvalue weighted by Crippen LogP contribution is -2.19. The van der Waals surface area contributed by atoms with E-state index in [1.807, 2.05) is 25.1 Å². The van der Waals surface area contributed by atoms with Crippen LogP contribution in [0, 0.1) is 24.2 Å². The van der Waals surface area contributed by atoms with Crippen LogP contribution >= 0.6 is 0 Å². The maximum Gasteiger partial charge on any atom is 0.137 e. The molecule has 0 aromatic heterocycles. The summed E-state index contributed by atoms with van der Waals surface area (Å²) in [5.74, 6) is 1.44. The average Bonchev–Trinajstić information content (AvgIpc) is 2.17. The minimum atomic E-state index is 0.648. The Morgan fingerprint density at radius 1 is 1.47 bits per heavy atom. The summed E-state index contributed by atoms with van der Waals surface area (Å²) >= 11 is 0.